The van der Waals surface area contributed by atoms with Crippen LogP contribution in [0.25, 0.3) is 0 Å². The van der Waals surface area contributed by atoms with E-state index in [-0.39, 0.29) is 10.5 Å². The van der Waals surface area contributed by atoms with Gasteiger partial charge in [0.2, 0.25) is 0 Å². The lowest BCUT2D eigenvalue weighted by atomic mass is 10.2. The molecule has 0 spiro atoms. The van der Waals surface area contributed by atoms with E-state index in [9.17, 15) is 13.2 Å². The Morgan fingerprint density at radius 3 is 2.47 bits per heavy atom. The molecule has 7 heteroatoms. The van der Waals surface area contributed by atoms with Gasteiger partial charge >= 0.3 is 5.97 Å². The van der Waals surface area contributed by atoms with Crippen LogP contribution in [-0.2, 0) is 9.84 Å². The number of hydrogen-bond donors (Lipinski definition) is 2. The molecule has 1 fully saturated rings. The number of carboxylic acid groups (broad SMARTS) is 1. The molecule has 1 heterocycles. The Balaban J connectivity index is 2.50. The molecular weight excluding hydrogens is 268 g/mol. The lowest BCUT2D eigenvalue weighted by molar-refractivity contribution is 0.0696. The Morgan fingerprint density at radius 1 is 1.32 bits per heavy atom. The van der Waals surface area contributed by atoms with Crippen LogP contribution in [-0.4, -0.2) is 51.9 Å². The number of sulfone groups is 1. The summed E-state index contributed by atoms with van der Waals surface area (Å²) in [4.78, 5) is 13.0. The number of nitrogens with zero attached hydrogens (tertiary/aromatic N) is 1. The molecular formula is C12H16N2O4S. The number of carbonyl (C=O) groups is 1. The van der Waals surface area contributed by atoms with E-state index in [0.29, 0.717) is 18.8 Å². The van der Waals surface area contributed by atoms with Crippen molar-refractivity contribution in [3.05, 3.63) is 23.8 Å². The summed E-state index contributed by atoms with van der Waals surface area (Å²) in [6, 6.07) is 4.24. The van der Waals surface area contributed by atoms with Crippen molar-refractivity contribution in [3.8, 4) is 0 Å². The molecule has 1 aliphatic heterocycles. The lowest BCUT2D eigenvalue weighted by Gasteiger charge is -2.30. The fraction of sp³-hybridized carbons (Fsp3) is 0.417. The van der Waals surface area contributed by atoms with E-state index in [4.69, 9.17) is 5.11 Å². The molecule has 2 N–H and O–H groups in total. The predicted molar refractivity (Wildman–Crippen MR) is 71.6 cm³/mol. The third-order valence-electron chi connectivity index (χ3n) is 3.06. The molecule has 1 saturated heterocycles. The van der Waals surface area contributed by atoms with Gasteiger partial charge in [-0.15, -0.1) is 0 Å². The van der Waals surface area contributed by atoms with Gasteiger partial charge in [-0.25, -0.2) is 13.2 Å². The Kier molecular flexibility index (Phi) is 3.77. The van der Waals surface area contributed by atoms with Crippen molar-refractivity contribution in [2.45, 2.75) is 4.90 Å². The number of hydrogen-bond acceptors (Lipinski definition) is 5. The molecule has 104 valence electrons. The maximum Gasteiger partial charge on any atom is 0.335 e. The van der Waals surface area contributed by atoms with E-state index in [0.717, 1.165) is 19.3 Å². The molecule has 1 aliphatic rings. The summed E-state index contributed by atoms with van der Waals surface area (Å²) in [5, 5.41) is 12.1. The van der Waals surface area contributed by atoms with Crippen LogP contribution in [0.5, 0.6) is 0 Å². The number of piperazine rings is 1. The summed E-state index contributed by atoms with van der Waals surface area (Å²) < 4.78 is 23.7. The van der Waals surface area contributed by atoms with Gasteiger partial charge in [0, 0.05) is 32.4 Å². The molecule has 0 aliphatic carbocycles. The van der Waals surface area contributed by atoms with E-state index in [1.807, 2.05) is 4.90 Å². The van der Waals surface area contributed by atoms with E-state index >= 15 is 0 Å². The average molecular weight is 284 g/mol. The Hall–Kier alpha value is -1.60. The van der Waals surface area contributed by atoms with Gasteiger partial charge in [0.05, 0.1) is 16.1 Å². The summed E-state index contributed by atoms with van der Waals surface area (Å²) in [6.45, 7) is 2.97. The van der Waals surface area contributed by atoms with E-state index < -0.39 is 15.8 Å². The molecule has 0 atom stereocenters. The Bertz CT molecular complexity index is 592. The third-order valence-corrected chi connectivity index (χ3v) is 4.19. The molecule has 0 amide bonds. The van der Waals surface area contributed by atoms with Crippen molar-refractivity contribution in [1.82, 2.24) is 5.32 Å². The topological polar surface area (TPSA) is 86.7 Å². The van der Waals surface area contributed by atoms with E-state index in [2.05, 4.69) is 5.32 Å². The maximum atomic E-state index is 11.8. The monoisotopic (exact) mass is 284 g/mol. The molecule has 19 heavy (non-hydrogen) atoms. The van der Waals surface area contributed by atoms with Gasteiger partial charge in [-0.3, -0.25) is 0 Å². The highest BCUT2D eigenvalue weighted by Crippen LogP contribution is 2.27. The van der Waals surface area contributed by atoms with Crippen LogP contribution in [0, 0.1) is 0 Å². The minimum absolute atomic E-state index is 0.0145. The smallest absolute Gasteiger partial charge is 0.335 e. The summed E-state index contributed by atoms with van der Waals surface area (Å²) >= 11 is 0. The summed E-state index contributed by atoms with van der Waals surface area (Å²) in [5.41, 5.74) is 0.563. The number of aromatic carboxylic acids is 1. The molecule has 0 unspecified atom stereocenters. The van der Waals surface area contributed by atoms with Crippen LogP contribution >= 0.6 is 0 Å². The highest BCUT2D eigenvalue weighted by Gasteiger charge is 2.21. The number of anilines is 1. The summed E-state index contributed by atoms with van der Waals surface area (Å²) in [5.74, 6) is -1.13. The first-order chi connectivity index (χ1) is 8.89. The van der Waals surface area contributed by atoms with Crippen LogP contribution in [0.15, 0.2) is 23.1 Å². The van der Waals surface area contributed by atoms with Gasteiger partial charge < -0.3 is 15.3 Å². The van der Waals surface area contributed by atoms with E-state index in [1.165, 1.54) is 12.1 Å². The maximum absolute atomic E-state index is 11.8. The fourth-order valence-electron chi connectivity index (χ4n) is 2.11. The van der Waals surface area contributed by atoms with Crippen molar-refractivity contribution >= 4 is 21.5 Å². The molecule has 0 bridgehead atoms. The molecule has 1 aromatic carbocycles. The first kappa shape index (κ1) is 13.8. The van der Waals surface area contributed by atoms with Gasteiger partial charge in [-0.2, -0.15) is 0 Å². The largest absolute Gasteiger partial charge is 0.478 e. The van der Waals surface area contributed by atoms with Gasteiger partial charge in [0.25, 0.3) is 0 Å². The van der Waals surface area contributed by atoms with Crippen molar-refractivity contribution < 1.29 is 18.3 Å². The minimum atomic E-state index is -3.46. The molecule has 0 saturated carbocycles. The van der Waals surface area contributed by atoms with Crippen molar-refractivity contribution in [1.29, 1.82) is 0 Å². The second-order valence-electron chi connectivity index (χ2n) is 4.50. The highest BCUT2D eigenvalue weighted by atomic mass is 32.2. The van der Waals surface area contributed by atoms with E-state index in [1.54, 1.807) is 6.07 Å². The van der Waals surface area contributed by atoms with Crippen LogP contribution < -0.4 is 10.2 Å². The first-order valence-corrected chi connectivity index (χ1v) is 7.82. The van der Waals surface area contributed by atoms with Gasteiger partial charge in [0.15, 0.2) is 9.84 Å². The van der Waals surface area contributed by atoms with Crippen LogP contribution in [0.4, 0.5) is 5.69 Å². The average Bonchev–Trinajstić information content (AvgIpc) is 2.38. The predicted octanol–water partition coefficient (Wildman–Crippen LogP) is 0.198. The lowest BCUT2D eigenvalue weighted by Crippen LogP contribution is -2.44. The zero-order valence-electron chi connectivity index (χ0n) is 10.6. The number of benzene rings is 1. The van der Waals surface area contributed by atoms with Crippen molar-refractivity contribution in [3.63, 3.8) is 0 Å². The normalized spacial score (nSPS) is 16.4. The molecule has 0 radical (unpaired) electrons. The SMILES string of the molecule is CS(=O)(=O)c1cc(C(=O)O)ccc1N1CCNCC1. The highest BCUT2D eigenvalue weighted by molar-refractivity contribution is 7.90. The van der Waals surface area contributed by atoms with Crippen molar-refractivity contribution in [2.24, 2.45) is 0 Å². The van der Waals surface area contributed by atoms with Crippen LogP contribution in [0.1, 0.15) is 10.4 Å². The second kappa shape index (κ2) is 5.18. The van der Waals surface area contributed by atoms with Gasteiger partial charge in [-0.05, 0) is 18.2 Å². The molecule has 1 aromatic rings. The molecule has 6 nitrogen and oxygen atoms in total. The zero-order valence-corrected chi connectivity index (χ0v) is 11.4. The first-order valence-electron chi connectivity index (χ1n) is 5.92. The third kappa shape index (κ3) is 3.05. The Labute approximate surface area is 112 Å². The van der Waals surface area contributed by atoms with Gasteiger partial charge in [-0.1, -0.05) is 0 Å². The van der Waals surface area contributed by atoms with Crippen molar-refractivity contribution in [2.75, 3.05) is 37.3 Å². The number of carboxylic acids is 1. The quantitative estimate of drug-likeness (QED) is 0.824. The molecule has 2 rings (SSSR count). The number of rotatable bonds is 3. The van der Waals surface area contributed by atoms with Gasteiger partial charge in [0.1, 0.15) is 0 Å². The Morgan fingerprint density at radius 2 is 1.95 bits per heavy atom. The second-order valence-corrected chi connectivity index (χ2v) is 6.48. The zero-order chi connectivity index (χ0) is 14.0. The summed E-state index contributed by atoms with van der Waals surface area (Å²) in [7, 11) is -3.46. The molecule has 0 aromatic heterocycles. The fourth-order valence-corrected chi connectivity index (χ4v) is 3.03. The number of nitrogens with one attached hydrogen (secondary N) is 1. The van der Waals surface area contributed by atoms with Crippen LogP contribution in [0.2, 0.25) is 0 Å². The van der Waals surface area contributed by atoms with Crippen LogP contribution in [0.3, 0.4) is 0 Å². The summed E-state index contributed by atoms with van der Waals surface area (Å²) in [6.07, 6.45) is 1.10. The minimum Gasteiger partial charge on any atom is -0.478 e. The standard InChI is InChI=1S/C12H16N2O4S/c1-19(17,18)11-8-9(12(15)16)2-3-10(11)14-6-4-13-5-7-14/h2-3,8,13H,4-7H2,1H3,(H,15,16).